The number of nitrogens with zero attached hydrogens (tertiary/aromatic N) is 6. The Morgan fingerprint density at radius 3 is 2.92 bits per heavy atom. The Morgan fingerprint density at radius 2 is 2.08 bits per heavy atom. The summed E-state index contributed by atoms with van der Waals surface area (Å²) in [7, 11) is 1.63. The predicted molar refractivity (Wildman–Crippen MR) is 98.7 cm³/mol. The van der Waals surface area contributed by atoms with Crippen molar-refractivity contribution < 1.29 is 4.74 Å². The minimum Gasteiger partial charge on any atom is -0.497 e. The first-order chi connectivity index (χ1) is 12.8. The van der Waals surface area contributed by atoms with E-state index in [1.54, 1.807) is 30.4 Å². The normalized spacial score (nSPS) is 11.1. The fraction of sp³-hybridized carbons (Fsp3) is 0.0556. The number of fused-ring (bicyclic) bond motifs is 1. The van der Waals surface area contributed by atoms with Crippen LogP contribution in [0.5, 0.6) is 5.75 Å². The topological polar surface area (TPSA) is 90.1 Å². The molecule has 8 nitrogen and oxygen atoms in total. The van der Waals surface area contributed by atoms with Crippen LogP contribution >= 0.6 is 0 Å². The number of nitrogens with one attached hydrogen (secondary N) is 1. The third kappa shape index (κ3) is 3.07. The summed E-state index contributed by atoms with van der Waals surface area (Å²) in [6, 6.07) is 13.2. The van der Waals surface area contributed by atoms with Crippen molar-refractivity contribution in [2.24, 2.45) is 5.10 Å². The summed E-state index contributed by atoms with van der Waals surface area (Å²) in [5.74, 6) is 1.31. The molecule has 0 aliphatic rings. The number of aromatic nitrogens is 5. The van der Waals surface area contributed by atoms with Crippen molar-refractivity contribution in [1.29, 1.82) is 0 Å². The van der Waals surface area contributed by atoms with Crippen molar-refractivity contribution in [2.75, 3.05) is 12.5 Å². The minimum absolute atomic E-state index is 0.566. The summed E-state index contributed by atoms with van der Waals surface area (Å²) in [6.45, 7) is 0. The Bertz CT molecular complexity index is 1060. The molecule has 0 amide bonds. The molecule has 26 heavy (non-hydrogen) atoms. The first kappa shape index (κ1) is 15.7. The first-order valence-electron chi connectivity index (χ1n) is 7.88. The highest BCUT2D eigenvalue weighted by atomic mass is 16.5. The maximum atomic E-state index is 5.27. The Hall–Kier alpha value is -3.81. The molecule has 4 rings (SSSR count). The van der Waals surface area contributed by atoms with Crippen molar-refractivity contribution in [3.63, 3.8) is 0 Å². The molecule has 128 valence electrons. The molecule has 0 aliphatic heterocycles. The lowest BCUT2D eigenvalue weighted by Crippen LogP contribution is -2.00. The van der Waals surface area contributed by atoms with Crippen LogP contribution in [-0.2, 0) is 0 Å². The maximum Gasteiger partial charge on any atom is 0.168 e. The number of hydrazone groups is 1. The minimum atomic E-state index is 0.566. The summed E-state index contributed by atoms with van der Waals surface area (Å²) in [6.07, 6.45) is 6.51. The molecule has 4 aromatic rings. The Balaban J connectivity index is 1.66. The number of hydrogen-bond donors (Lipinski definition) is 1. The van der Waals surface area contributed by atoms with Crippen molar-refractivity contribution in [2.45, 2.75) is 0 Å². The Kier molecular flexibility index (Phi) is 4.21. The third-order valence-corrected chi connectivity index (χ3v) is 3.72. The highest BCUT2D eigenvalue weighted by Gasteiger charge is 2.11. The number of methoxy groups -OCH3 is 1. The van der Waals surface area contributed by atoms with Gasteiger partial charge < -0.3 is 4.74 Å². The molecular weight excluding hydrogens is 330 g/mol. The van der Waals surface area contributed by atoms with Gasteiger partial charge in [0.25, 0.3) is 0 Å². The molecule has 0 unspecified atom stereocenters. The Labute approximate surface area is 149 Å². The van der Waals surface area contributed by atoms with Crippen molar-refractivity contribution in [3.8, 4) is 11.4 Å². The quantitative estimate of drug-likeness (QED) is 0.442. The molecule has 1 aromatic carbocycles. The van der Waals surface area contributed by atoms with E-state index in [0.717, 1.165) is 22.5 Å². The van der Waals surface area contributed by atoms with Crippen LogP contribution < -0.4 is 10.2 Å². The zero-order valence-corrected chi connectivity index (χ0v) is 13.9. The standard InChI is InChI=1S/C18H15N7O/c1-26-15-7-4-6-14(9-15)25-18-16(11-23-25)17(20-12-21-18)24-22-10-13-5-2-3-8-19-13/h2-12H,1H3,(H,20,21,24). The molecule has 0 saturated carbocycles. The lowest BCUT2D eigenvalue weighted by Gasteiger charge is -2.06. The molecular formula is C18H15N7O. The summed E-state index contributed by atoms with van der Waals surface area (Å²) in [5, 5.41) is 9.37. The van der Waals surface area contributed by atoms with Gasteiger partial charge in [-0.15, -0.1) is 0 Å². The van der Waals surface area contributed by atoms with Crippen LogP contribution in [0.15, 0.2) is 66.3 Å². The van der Waals surface area contributed by atoms with Gasteiger partial charge in [-0.2, -0.15) is 10.2 Å². The van der Waals surface area contributed by atoms with Crippen LogP contribution in [0, 0.1) is 0 Å². The summed E-state index contributed by atoms with van der Waals surface area (Å²) in [5.41, 5.74) is 5.19. The van der Waals surface area contributed by atoms with E-state index in [-0.39, 0.29) is 0 Å². The lowest BCUT2D eigenvalue weighted by atomic mass is 10.3. The van der Waals surface area contributed by atoms with Crippen molar-refractivity contribution >= 4 is 23.1 Å². The van der Waals surface area contributed by atoms with E-state index in [9.17, 15) is 0 Å². The van der Waals surface area contributed by atoms with Gasteiger partial charge in [-0.05, 0) is 24.3 Å². The molecule has 0 saturated heterocycles. The van der Waals surface area contributed by atoms with Gasteiger partial charge in [0.05, 0.1) is 36.3 Å². The smallest absolute Gasteiger partial charge is 0.168 e. The second-order valence-electron chi connectivity index (χ2n) is 5.34. The SMILES string of the molecule is COc1cccc(-n2ncc3c(NN=Cc4ccccn4)ncnc32)c1. The fourth-order valence-electron chi connectivity index (χ4n) is 2.48. The first-order valence-corrected chi connectivity index (χ1v) is 7.88. The van der Waals surface area contributed by atoms with E-state index in [4.69, 9.17) is 4.74 Å². The molecule has 0 aliphatic carbocycles. The maximum absolute atomic E-state index is 5.27. The fourth-order valence-corrected chi connectivity index (χ4v) is 2.48. The highest BCUT2D eigenvalue weighted by molar-refractivity contribution is 5.87. The van der Waals surface area contributed by atoms with Crippen LogP contribution in [-0.4, -0.2) is 38.1 Å². The molecule has 0 atom stereocenters. The molecule has 1 N–H and O–H groups in total. The van der Waals surface area contributed by atoms with E-state index < -0.39 is 0 Å². The molecule has 3 heterocycles. The van der Waals surface area contributed by atoms with Crippen LogP contribution in [0.2, 0.25) is 0 Å². The van der Waals surface area contributed by atoms with Gasteiger partial charge in [0, 0.05) is 12.3 Å². The molecule has 8 heteroatoms. The number of benzene rings is 1. The number of ether oxygens (including phenoxy) is 1. The average Bonchev–Trinajstić information content (AvgIpc) is 3.14. The van der Waals surface area contributed by atoms with Crippen LogP contribution in [0.25, 0.3) is 16.7 Å². The second-order valence-corrected chi connectivity index (χ2v) is 5.34. The number of pyridine rings is 1. The average molecular weight is 345 g/mol. The number of rotatable bonds is 5. The second kappa shape index (κ2) is 6.98. The molecule has 0 fully saturated rings. The van der Waals surface area contributed by atoms with Crippen molar-refractivity contribution in [1.82, 2.24) is 24.7 Å². The van der Waals surface area contributed by atoms with Gasteiger partial charge in [-0.3, -0.25) is 10.4 Å². The largest absolute Gasteiger partial charge is 0.497 e. The van der Waals surface area contributed by atoms with E-state index in [1.807, 2.05) is 42.5 Å². The zero-order valence-electron chi connectivity index (χ0n) is 13.9. The predicted octanol–water partition coefficient (Wildman–Crippen LogP) is 2.67. The van der Waals surface area contributed by atoms with Gasteiger partial charge in [0.1, 0.15) is 12.1 Å². The van der Waals surface area contributed by atoms with Gasteiger partial charge in [0.15, 0.2) is 11.5 Å². The van der Waals surface area contributed by atoms with E-state index in [2.05, 4.69) is 30.6 Å². The third-order valence-electron chi connectivity index (χ3n) is 3.72. The molecule has 0 spiro atoms. The Morgan fingerprint density at radius 1 is 1.12 bits per heavy atom. The monoisotopic (exact) mass is 345 g/mol. The molecule has 0 radical (unpaired) electrons. The molecule has 3 aromatic heterocycles. The van der Waals surface area contributed by atoms with Crippen LogP contribution in [0.1, 0.15) is 5.69 Å². The number of hydrogen-bond acceptors (Lipinski definition) is 7. The summed E-state index contributed by atoms with van der Waals surface area (Å²) < 4.78 is 7.00. The van der Waals surface area contributed by atoms with Crippen molar-refractivity contribution in [3.05, 3.63) is 66.9 Å². The molecule has 0 bridgehead atoms. The van der Waals surface area contributed by atoms with Gasteiger partial charge in [-0.1, -0.05) is 12.1 Å². The zero-order chi connectivity index (χ0) is 17.8. The number of anilines is 1. The van der Waals surface area contributed by atoms with Gasteiger partial charge in [-0.25, -0.2) is 14.6 Å². The van der Waals surface area contributed by atoms with E-state index >= 15 is 0 Å². The highest BCUT2D eigenvalue weighted by Crippen LogP contribution is 2.23. The lowest BCUT2D eigenvalue weighted by molar-refractivity contribution is 0.414. The van der Waals surface area contributed by atoms with E-state index in [0.29, 0.717) is 11.5 Å². The van der Waals surface area contributed by atoms with Gasteiger partial charge in [0.2, 0.25) is 0 Å². The van der Waals surface area contributed by atoms with Gasteiger partial charge >= 0.3 is 0 Å². The summed E-state index contributed by atoms with van der Waals surface area (Å²) >= 11 is 0. The van der Waals surface area contributed by atoms with E-state index in [1.165, 1.54) is 6.33 Å². The summed E-state index contributed by atoms with van der Waals surface area (Å²) in [4.78, 5) is 12.8. The van der Waals surface area contributed by atoms with Crippen LogP contribution in [0.4, 0.5) is 5.82 Å². The van der Waals surface area contributed by atoms with Crippen LogP contribution in [0.3, 0.4) is 0 Å².